The second-order valence-corrected chi connectivity index (χ2v) is 11.6. The van der Waals surface area contributed by atoms with Crippen molar-refractivity contribution in [2.75, 3.05) is 6.54 Å². The number of nitrogens with zero attached hydrogens (tertiary/aromatic N) is 1. The van der Waals surface area contributed by atoms with Gasteiger partial charge in [0.25, 0.3) is 0 Å². The Morgan fingerprint density at radius 1 is 1.10 bits per heavy atom. The third kappa shape index (κ3) is 4.11. The predicted octanol–water partition coefficient (Wildman–Crippen LogP) is 4.31. The van der Waals surface area contributed by atoms with E-state index >= 15 is 0 Å². The van der Waals surface area contributed by atoms with Crippen LogP contribution in [0, 0.1) is 29.1 Å². The molecule has 4 aliphatic carbocycles. The average molecular weight is 440 g/mol. The standard InChI is InChI=1S/C25H33N3O2S/c1-15(2)22(23(29)26-8-7-21-27-19-5-3-4-6-20(19)31-21)28-24(30)25-12-16-9-17(13-25)11-18(10-16)14-25/h3-6,15-18,22H,7-14H2,1-2H3,(H,26,29)(H,28,30). The van der Waals surface area contributed by atoms with Crippen LogP contribution in [0.4, 0.5) is 0 Å². The van der Waals surface area contributed by atoms with Crippen molar-refractivity contribution >= 4 is 33.4 Å². The Balaban J connectivity index is 1.19. The summed E-state index contributed by atoms with van der Waals surface area (Å²) in [5.41, 5.74) is 0.792. The van der Waals surface area contributed by atoms with Crippen LogP contribution in [-0.4, -0.2) is 29.4 Å². The quantitative estimate of drug-likeness (QED) is 0.675. The van der Waals surface area contributed by atoms with E-state index in [2.05, 4.69) is 21.7 Å². The Labute approximate surface area is 188 Å². The number of rotatable bonds is 7. The van der Waals surface area contributed by atoms with Crippen LogP contribution in [0.5, 0.6) is 0 Å². The molecule has 2 amide bonds. The largest absolute Gasteiger partial charge is 0.354 e. The normalized spacial score (nSPS) is 30.0. The Kier molecular flexibility index (Phi) is 5.53. The fourth-order valence-corrected chi connectivity index (χ4v) is 7.61. The SMILES string of the molecule is CC(C)C(NC(=O)C12CC3CC(CC(C3)C1)C2)C(=O)NCCc1nc2ccccc2s1. The molecule has 1 aromatic carbocycles. The van der Waals surface area contributed by atoms with Gasteiger partial charge in [-0.25, -0.2) is 4.98 Å². The van der Waals surface area contributed by atoms with E-state index in [-0.39, 0.29) is 23.1 Å². The summed E-state index contributed by atoms with van der Waals surface area (Å²) in [7, 11) is 0. The highest BCUT2D eigenvalue weighted by molar-refractivity contribution is 7.18. The molecule has 1 aromatic heterocycles. The smallest absolute Gasteiger partial charge is 0.242 e. The summed E-state index contributed by atoms with van der Waals surface area (Å²) in [5, 5.41) is 7.26. The van der Waals surface area contributed by atoms with Gasteiger partial charge in [0, 0.05) is 18.4 Å². The zero-order chi connectivity index (χ0) is 21.6. The van der Waals surface area contributed by atoms with Crippen molar-refractivity contribution in [3.8, 4) is 0 Å². The van der Waals surface area contributed by atoms with Crippen LogP contribution in [0.2, 0.25) is 0 Å². The molecule has 4 fully saturated rings. The van der Waals surface area contributed by atoms with Crippen molar-refractivity contribution in [2.45, 2.75) is 64.8 Å². The summed E-state index contributed by atoms with van der Waals surface area (Å²) in [4.78, 5) is 31.0. The molecule has 4 aliphatic rings. The fourth-order valence-electron chi connectivity index (χ4n) is 6.65. The number of hydrogen-bond acceptors (Lipinski definition) is 4. The zero-order valence-electron chi connectivity index (χ0n) is 18.5. The number of aromatic nitrogens is 1. The molecule has 4 saturated carbocycles. The number of carbonyl (C=O) groups is 2. The van der Waals surface area contributed by atoms with Crippen molar-refractivity contribution in [3.63, 3.8) is 0 Å². The lowest BCUT2D eigenvalue weighted by Gasteiger charge is -2.55. The van der Waals surface area contributed by atoms with Crippen LogP contribution in [-0.2, 0) is 16.0 Å². The third-order valence-corrected chi connectivity index (χ3v) is 8.83. The van der Waals surface area contributed by atoms with E-state index in [0.717, 1.165) is 47.5 Å². The van der Waals surface area contributed by atoms with Crippen LogP contribution < -0.4 is 10.6 Å². The lowest BCUT2D eigenvalue weighted by atomic mass is 9.49. The van der Waals surface area contributed by atoms with Gasteiger partial charge < -0.3 is 10.6 Å². The number of hydrogen-bond donors (Lipinski definition) is 2. The number of nitrogens with one attached hydrogen (secondary N) is 2. The molecule has 5 nitrogen and oxygen atoms in total. The van der Waals surface area contributed by atoms with Crippen molar-refractivity contribution in [1.29, 1.82) is 0 Å². The van der Waals surface area contributed by atoms with Gasteiger partial charge in [-0.05, 0) is 74.3 Å². The van der Waals surface area contributed by atoms with Crippen LogP contribution in [0.25, 0.3) is 10.2 Å². The number of benzene rings is 1. The van der Waals surface area contributed by atoms with E-state index < -0.39 is 6.04 Å². The molecule has 6 heteroatoms. The monoisotopic (exact) mass is 439 g/mol. The molecule has 0 saturated heterocycles. The lowest BCUT2D eigenvalue weighted by Crippen LogP contribution is -2.58. The average Bonchev–Trinajstić information content (AvgIpc) is 3.13. The highest BCUT2D eigenvalue weighted by atomic mass is 32.1. The molecule has 31 heavy (non-hydrogen) atoms. The summed E-state index contributed by atoms with van der Waals surface area (Å²) >= 11 is 1.67. The van der Waals surface area contributed by atoms with Crippen LogP contribution in [0.3, 0.4) is 0 Å². The van der Waals surface area contributed by atoms with Gasteiger partial charge in [0.05, 0.1) is 15.2 Å². The molecule has 6 rings (SSSR count). The van der Waals surface area contributed by atoms with Crippen molar-refractivity contribution in [1.82, 2.24) is 15.6 Å². The van der Waals surface area contributed by atoms with Gasteiger partial charge in [-0.3, -0.25) is 9.59 Å². The highest BCUT2D eigenvalue weighted by Gasteiger charge is 2.55. The Morgan fingerprint density at radius 2 is 1.74 bits per heavy atom. The van der Waals surface area contributed by atoms with Gasteiger partial charge in [0.15, 0.2) is 0 Å². The van der Waals surface area contributed by atoms with Gasteiger partial charge in [-0.15, -0.1) is 11.3 Å². The minimum atomic E-state index is -0.476. The summed E-state index contributed by atoms with van der Waals surface area (Å²) in [6.07, 6.45) is 7.71. The second-order valence-electron chi connectivity index (χ2n) is 10.5. The first-order valence-corrected chi connectivity index (χ1v) is 12.7. The van der Waals surface area contributed by atoms with E-state index in [1.807, 2.05) is 32.0 Å². The summed E-state index contributed by atoms with van der Waals surface area (Å²) in [6, 6.07) is 7.63. The molecule has 4 bridgehead atoms. The fraction of sp³-hybridized carbons (Fsp3) is 0.640. The van der Waals surface area contributed by atoms with Gasteiger partial charge in [0.1, 0.15) is 6.04 Å². The molecular formula is C25H33N3O2S. The highest BCUT2D eigenvalue weighted by Crippen LogP contribution is 2.60. The molecule has 2 aromatic rings. The zero-order valence-corrected chi connectivity index (χ0v) is 19.3. The maximum atomic E-state index is 13.4. The Hall–Kier alpha value is -1.95. The van der Waals surface area contributed by atoms with Crippen LogP contribution in [0.1, 0.15) is 57.4 Å². The molecule has 0 spiro atoms. The van der Waals surface area contributed by atoms with Crippen molar-refractivity contribution in [2.24, 2.45) is 29.1 Å². The third-order valence-electron chi connectivity index (χ3n) is 7.73. The Bertz CT molecular complexity index is 914. The molecule has 1 heterocycles. The maximum Gasteiger partial charge on any atom is 0.242 e. The number of fused-ring (bicyclic) bond motifs is 1. The summed E-state index contributed by atoms with van der Waals surface area (Å²) in [5.74, 6) is 2.27. The van der Waals surface area contributed by atoms with Gasteiger partial charge in [0.2, 0.25) is 11.8 Å². The number of para-hydroxylation sites is 1. The first-order chi connectivity index (χ1) is 14.9. The van der Waals surface area contributed by atoms with Gasteiger partial charge in [-0.1, -0.05) is 26.0 Å². The molecule has 1 atom stereocenters. The maximum absolute atomic E-state index is 13.4. The second kappa shape index (κ2) is 8.19. The molecule has 2 N–H and O–H groups in total. The molecule has 0 aliphatic heterocycles. The van der Waals surface area contributed by atoms with Crippen LogP contribution >= 0.6 is 11.3 Å². The molecule has 166 valence electrons. The van der Waals surface area contributed by atoms with E-state index in [1.54, 1.807) is 11.3 Å². The van der Waals surface area contributed by atoms with Crippen molar-refractivity contribution < 1.29 is 9.59 Å². The summed E-state index contributed by atoms with van der Waals surface area (Å²) < 4.78 is 1.17. The minimum absolute atomic E-state index is 0.0558. The molecular weight excluding hydrogens is 406 g/mol. The predicted molar refractivity (Wildman–Crippen MR) is 124 cm³/mol. The Morgan fingerprint density at radius 3 is 2.35 bits per heavy atom. The van der Waals surface area contributed by atoms with Gasteiger partial charge >= 0.3 is 0 Å². The number of carbonyl (C=O) groups excluding carboxylic acids is 2. The topological polar surface area (TPSA) is 71.1 Å². The van der Waals surface area contributed by atoms with E-state index in [1.165, 1.54) is 24.0 Å². The van der Waals surface area contributed by atoms with Gasteiger partial charge in [-0.2, -0.15) is 0 Å². The molecule has 1 unspecified atom stereocenters. The first-order valence-electron chi connectivity index (χ1n) is 11.8. The van der Waals surface area contributed by atoms with Crippen molar-refractivity contribution in [3.05, 3.63) is 29.3 Å². The first kappa shape index (κ1) is 20.9. The van der Waals surface area contributed by atoms with E-state index in [9.17, 15) is 9.59 Å². The minimum Gasteiger partial charge on any atom is -0.354 e. The van der Waals surface area contributed by atoms with E-state index in [0.29, 0.717) is 13.0 Å². The van der Waals surface area contributed by atoms with Crippen LogP contribution in [0.15, 0.2) is 24.3 Å². The number of amides is 2. The summed E-state index contributed by atoms with van der Waals surface area (Å²) in [6.45, 7) is 4.56. The number of thiazole rings is 1. The lowest BCUT2D eigenvalue weighted by molar-refractivity contribution is -0.149. The molecule has 0 radical (unpaired) electrons. The van der Waals surface area contributed by atoms with E-state index in [4.69, 9.17) is 0 Å².